The van der Waals surface area contributed by atoms with Gasteiger partial charge >= 0.3 is 0 Å². The summed E-state index contributed by atoms with van der Waals surface area (Å²) in [5.41, 5.74) is 0. The molecule has 0 bridgehead atoms. The predicted molar refractivity (Wildman–Crippen MR) is 42.6 cm³/mol. The molecule has 0 saturated carbocycles. The molecule has 1 aromatic heterocycles. The Hall–Kier alpha value is -0.210. The maximum atomic E-state index is 5.78. The van der Waals surface area contributed by atoms with Crippen molar-refractivity contribution in [3.63, 3.8) is 0 Å². The lowest BCUT2D eigenvalue weighted by molar-refractivity contribution is 0.688. The Morgan fingerprint density at radius 1 is 1.60 bits per heavy atom. The van der Waals surface area contributed by atoms with Crippen LogP contribution in [0.15, 0.2) is 18.7 Å². The van der Waals surface area contributed by atoms with Crippen molar-refractivity contribution >= 4 is 23.2 Å². The number of imidazole rings is 1. The average Bonchev–Trinajstić information content (AvgIpc) is 2.40. The van der Waals surface area contributed by atoms with Crippen LogP contribution in [0.5, 0.6) is 0 Å². The molecule has 2 nitrogen and oxygen atoms in total. The molecule has 1 atom stereocenters. The van der Waals surface area contributed by atoms with Crippen LogP contribution in [-0.4, -0.2) is 20.8 Å². The lowest BCUT2D eigenvalue weighted by Gasteiger charge is -2.04. The Kier molecular flexibility index (Phi) is 3.03. The van der Waals surface area contributed by atoms with E-state index in [1.165, 1.54) is 0 Å². The first-order valence-corrected chi connectivity index (χ1v) is 3.96. The summed E-state index contributed by atoms with van der Waals surface area (Å²) in [5, 5.41) is -0.00383. The molecule has 0 aliphatic heterocycles. The van der Waals surface area contributed by atoms with E-state index in [9.17, 15) is 0 Å². The van der Waals surface area contributed by atoms with E-state index < -0.39 is 0 Å². The minimum atomic E-state index is -0.00383. The maximum absolute atomic E-state index is 5.78. The molecule has 0 aliphatic carbocycles. The smallest absolute Gasteiger partial charge is 0.0946 e. The Morgan fingerprint density at radius 3 is 2.90 bits per heavy atom. The number of rotatable bonds is 3. The third kappa shape index (κ3) is 2.20. The van der Waals surface area contributed by atoms with Gasteiger partial charge in [0.2, 0.25) is 0 Å². The van der Waals surface area contributed by atoms with Gasteiger partial charge in [0.15, 0.2) is 0 Å². The summed E-state index contributed by atoms with van der Waals surface area (Å²) in [6, 6.07) is 0. The molecule has 0 fully saturated rings. The van der Waals surface area contributed by atoms with E-state index in [4.69, 9.17) is 23.2 Å². The molecule has 0 saturated heterocycles. The summed E-state index contributed by atoms with van der Waals surface area (Å²) < 4.78 is 1.90. The molecule has 0 spiro atoms. The average molecular weight is 179 g/mol. The molecular formula is C6H8Cl2N2. The number of hydrogen-bond acceptors (Lipinski definition) is 1. The maximum Gasteiger partial charge on any atom is 0.0946 e. The third-order valence-corrected chi connectivity index (χ3v) is 1.96. The SMILES string of the molecule is ClCC(Cl)Cn1ccnc1. The van der Waals surface area contributed by atoms with E-state index in [-0.39, 0.29) is 5.38 Å². The van der Waals surface area contributed by atoms with Gasteiger partial charge in [0.05, 0.1) is 11.7 Å². The number of halogens is 2. The number of alkyl halides is 2. The summed E-state index contributed by atoms with van der Waals surface area (Å²) in [5.74, 6) is 0.472. The number of hydrogen-bond donors (Lipinski definition) is 0. The highest BCUT2D eigenvalue weighted by molar-refractivity contribution is 6.28. The Bertz CT molecular complexity index is 174. The van der Waals surface area contributed by atoms with Gasteiger partial charge in [-0.3, -0.25) is 0 Å². The molecule has 56 valence electrons. The first kappa shape index (κ1) is 7.89. The van der Waals surface area contributed by atoms with Gasteiger partial charge in [0.1, 0.15) is 0 Å². The monoisotopic (exact) mass is 178 g/mol. The summed E-state index contributed by atoms with van der Waals surface area (Å²) in [6.45, 7) is 0.727. The van der Waals surface area contributed by atoms with Crippen molar-refractivity contribution in [3.05, 3.63) is 18.7 Å². The van der Waals surface area contributed by atoms with E-state index in [2.05, 4.69) is 4.98 Å². The lowest BCUT2D eigenvalue weighted by Crippen LogP contribution is -2.09. The van der Waals surface area contributed by atoms with Gasteiger partial charge in [-0.25, -0.2) is 4.98 Å². The van der Waals surface area contributed by atoms with E-state index in [1.807, 2.05) is 10.8 Å². The zero-order valence-corrected chi connectivity index (χ0v) is 6.89. The quantitative estimate of drug-likeness (QED) is 0.646. The van der Waals surface area contributed by atoms with Gasteiger partial charge in [-0.1, -0.05) is 0 Å². The fourth-order valence-electron chi connectivity index (χ4n) is 0.672. The van der Waals surface area contributed by atoms with Crippen LogP contribution in [0.2, 0.25) is 0 Å². The van der Waals surface area contributed by atoms with Crippen LogP contribution in [0.1, 0.15) is 0 Å². The lowest BCUT2D eigenvalue weighted by atomic mass is 10.5. The molecule has 0 N–H and O–H groups in total. The topological polar surface area (TPSA) is 17.8 Å². The van der Waals surface area contributed by atoms with Gasteiger partial charge < -0.3 is 4.57 Å². The van der Waals surface area contributed by atoms with E-state index in [0.717, 1.165) is 6.54 Å². The molecule has 10 heavy (non-hydrogen) atoms. The predicted octanol–water partition coefficient (Wildman–Crippen LogP) is 1.73. The highest BCUT2D eigenvalue weighted by Gasteiger charge is 2.01. The highest BCUT2D eigenvalue weighted by Crippen LogP contribution is 2.01. The van der Waals surface area contributed by atoms with Crippen LogP contribution in [0.25, 0.3) is 0 Å². The molecular weight excluding hydrogens is 171 g/mol. The Morgan fingerprint density at radius 2 is 2.40 bits per heavy atom. The Balaban J connectivity index is 2.40. The fourth-order valence-corrected chi connectivity index (χ4v) is 0.929. The first-order valence-electron chi connectivity index (χ1n) is 2.98. The molecule has 1 aromatic rings. The van der Waals surface area contributed by atoms with E-state index in [0.29, 0.717) is 5.88 Å². The van der Waals surface area contributed by atoms with Crippen molar-refractivity contribution in [2.45, 2.75) is 11.9 Å². The highest BCUT2D eigenvalue weighted by atomic mass is 35.5. The molecule has 1 heterocycles. The molecule has 0 aromatic carbocycles. The van der Waals surface area contributed by atoms with Gasteiger partial charge in [0, 0.05) is 24.8 Å². The molecule has 0 amide bonds. The van der Waals surface area contributed by atoms with Gasteiger partial charge in [-0.05, 0) is 0 Å². The molecule has 1 unspecified atom stereocenters. The summed E-state index contributed by atoms with van der Waals surface area (Å²) in [4.78, 5) is 3.87. The molecule has 0 aliphatic rings. The Labute approximate surface area is 69.8 Å². The van der Waals surface area contributed by atoms with E-state index >= 15 is 0 Å². The summed E-state index contributed by atoms with van der Waals surface area (Å²) in [6.07, 6.45) is 5.31. The van der Waals surface area contributed by atoms with Crippen molar-refractivity contribution in [1.82, 2.24) is 9.55 Å². The number of nitrogens with zero attached hydrogens (tertiary/aromatic N) is 2. The van der Waals surface area contributed by atoms with Crippen LogP contribution in [0.3, 0.4) is 0 Å². The second-order valence-corrected chi connectivity index (χ2v) is 2.94. The van der Waals surface area contributed by atoms with Crippen molar-refractivity contribution in [1.29, 1.82) is 0 Å². The number of aromatic nitrogens is 2. The van der Waals surface area contributed by atoms with Crippen molar-refractivity contribution in [3.8, 4) is 0 Å². The third-order valence-electron chi connectivity index (χ3n) is 1.14. The van der Waals surface area contributed by atoms with Crippen LogP contribution >= 0.6 is 23.2 Å². The van der Waals surface area contributed by atoms with Crippen LogP contribution in [0, 0.1) is 0 Å². The van der Waals surface area contributed by atoms with Gasteiger partial charge in [-0.15, -0.1) is 23.2 Å². The van der Waals surface area contributed by atoms with Crippen molar-refractivity contribution < 1.29 is 0 Å². The minimum absolute atomic E-state index is 0.00383. The standard InChI is InChI=1S/C6H8Cl2N2/c7-3-6(8)4-10-2-1-9-5-10/h1-2,5-6H,3-4H2. The fraction of sp³-hybridized carbons (Fsp3) is 0.500. The van der Waals surface area contributed by atoms with Crippen molar-refractivity contribution in [2.24, 2.45) is 0 Å². The minimum Gasteiger partial charge on any atom is -0.336 e. The second kappa shape index (κ2) is 3.84. The normalized spacial score (nSPS) is 13.4. The summed E-state index contributed by atoms with van der Waals surface area (Å²) in [7, 11) is 0. The van der Waals surface area contributed by atoms with Crippen LogP contribution in [0.4, 0.5) is 0 Å². The van der Waals surface area contributed by atoms with Gasteiger partial charge in [-0.2, -0.15) is 0 Å². The zero-order valence-electron chi connectivity index (χ0n) is 5.37. The largest absolute Gasteiger partial charge is 0.336 e. The van der Waals surface area contributed by atoms with Gasteiger partial charge in [0.25, 0.3) is 0 Å². The van der Waals surface area contributed by atoms with Crippen LogP contribution in [-0.2, 0) is 6.54 Å². The van der Waals surface area contributed by atoms with Crippen molar-refractivity contribution in [2.75, 3.05) is 5.88 Å². The first-order chi connectivity index (χ1) is 4.83. The molecule has 1 rings (SSSR count). The second-order valence-electron chi connectivity index (χ2n) is 2.01. The summed E-state index contributed by atoms with van der Waals surface area (Å²) >= 11 is 11.3. The van der Waals surface area contributed by atoms with E-state index in [1.54, 1.807) is 12.5 Å². The molecule has 0 radical (unpaired) electrons. The van der Waals surface area contributed by atoms with Crippen LogP contribution < -0.4 is 0 Å². The molecule has 4 heteroatoms. The zero-order chi connectivity index (χ0) is 7.40.